The third-order valence-electron chi connectivity index (χ3n) is 5.28. The molecule has 1 amide bonds. The second-order valence-corrected chi connectivity index (χ2v) is 7.13. The average molecular weight is 381 g/mol. The largest absolute Gasteiger partial charge is 0.416 e. The molecule has 0 saturated carbocycles. The van der Waals surface area contributed by atoms with Crippen molar-refractivity contribution in [3.63, 3.8) is 0 Å². The highest BCUT2D eigenvalue weighted by Gasteiger charge is 2.55. The van der Waals surface area contributed by atoms with E-state index in [0.717, 1.165) is 6.07 Å². The van der Waals surface area contributed by atoms with E-state index in [4.69, 9.17) is 11.6 Å². The maximum atomic E-state index is 13.6. The van der Waals surface area contributed by atoms with Crippen LogP contribution < -0.4 is 10.6 Å². The first-order chi connectivity index (χ1) is 12.3. The number of hydrogen-bond acceptors (Lipinski definition) is 2. The van der Waals surface area contributed by atoms with Crippen LogP contribution in [-0.2, 0) is 16.4 Å². The molecule has 7 heteroatoms. The summed E-state index contributed by atoms with van der Waals surface area (Å²) in [6, 6.07) is 9.75. The van der Waals surface area contributed by atoms with E-state index in [2.05, 4.69) is 10.6 Å². The van der Waals surface area contributed by atoms with Gasteiger partial charge in [0.15, 0.2) is 0 Å². The summed E-state index contributed by atoms with van der Waals surface area (Å²) in [6.45, 7) is 0.550. The molecule has 2 aromatic carbocycles. The third-order valence-corrected chi connectivity index (χ3v) is 5.52. The summed E-state index contributed by atoms with van der Waals surface area (Å²) < 4.78 is 40.7. The summed E-state index contributed by atoms with van der Waals surface area (Å²) >= 11 is 6.02. The molecule has 2 aliphatic rings. The lowest BCUT2D eigenvalue weighted by atomic mass is 9.67. The Morgan fingerprint density at radius 2 is 1.92 bits per heavy atom. The quantitative estimate of drug-likeness (QED) is 0.754. The zero-order chi connectivity index (χ0) is 18.5. The van der Waals surface area contributed by atoms with Gasteiger partial charge in [-0.1, -0.05) is 35.9 Å². The minimum absolute atomic E-state index is 0.0950. The van der Waals surface area contributed by atoms with Crippen LogP contribution in [0.3, 0.4) is 0 Å². The van der Waals surface area contributed by atoms with Gasteiger partial charge in [-0.3, -0.25) is 4.79 Å². The molecule has 2 aliphatic heterocycles. The topological polar surface area (TPSA) is 41.1 Å². The molecule has 26 heavy (non-hydrogen) atoms. The molecule has 4 rings (SSSR count). The normalized spacial score (nSPS) is 25.2. The van der Waals surface area contributed by atoms with Crippen molar-refractivity contribution in [2.75, 3.05) is 11.9 Å². The van der Waals surface area contributed by atoms with E-state index < -0.39 is 23.2 Å². The monoisotopic (exact) mass is 380 g/mol. The lowest BCUT2D eigenvalue weighted by Gasteiger charge is -2.41. The molecule has 1 spiro atoms. The van der Waals surface area contributed by atoms with Crippen molar-refractivity contribution in [2.45, 2.75) is 30.5 Å². The Morgan fingerprint density at radius 1 is 1.15 bits per heavy atom. The Hall–Kier alpha value is -2.05. The van der Waals surface area contributed by atoms with Gasteiger partial charge in [-0.25, -0.2) is 0 Å². The Balaban J connectivity index is 1.92. The van der Waals surface area contributed by atoms with Crippen LogP contribution in [0.1, 0.15) is 35.6 Å². The van der Waals surface area contributed by atoms with Crippen molar-refractivity contribution >= 4 is 23.2 Å². The van der Waals surface area contributed by atoms with Crippen molar-refractivity contribution in [1.29, 1.82) is 0 Å². The fourth-order valence-electron chi connectivity index (χ4n) is 4.21. The molecule has 0 bridgehead atoms. The third kappa shape index (κ3) is 2.51. The smallest absolute Gasteiger partial charge is 0.325 e. The number of piperidine rings is 1. The van der Waals surface area contributed by atoms with Gasteiger partial charge in [0.1, 0.15) is 0 Å². The van der Waals surface area contributed by atoms with Gasteiger partial charge in [0.25, 0.3) is 0 Å². The summed E-state index contributed by atoms with van der Waals surface area (Å²) in [5.41, 5.74) is -0.437. The van der Waals surface area contributed by atoms with Crippen molar-refractivity contribution in [3.05, 3.63) is 64.2 Å². The molecule has 2 atom stereocenters. The zero-order valence-corrected chi connectivity index (χ0v) is 14.4. The number of alkyl halides is 3. The summed E-state index contributed by atoms with van der Waals surface area (Å²) in [5.74, 6) is -0.288. The number of anilines is 1. The van der Waals surface area contributed by atoms with E-state index in [1.54, 1.807) is 24.3 Å². The maximum Gasteiger partial charge on any atom is 0.416 e. The lowest BCUT2D eigenvalue weighted by molar-refractivity contribution is -0.139. The SMILES string of the molecule is O=C1Nc2cc(Cl)ccc2[C@@]12CCCN[C@@H]2c1ccccc1C(F)(F)F. The van der Waals surface area contributed by atoms with Crippen molar-refractivity contribution in [3.8, 4) is 0 Å². The number of carbonyl (C=O) groups is 1. The van der Waals surface area contributed by atoms with Crippen molar-refractivity contribution < 1.29 is 18.0 Å². The molecular formula is C19H16ClF3N2O. The lowest BCUT2D eigenvalue weighted by Crippen LogP contribution is -2.51. The molecule has 3 nitrogen and oxygen atoms in total. The number of nitrogens with one attached hydrogen (secondary N) is 2. The van der Waals surface area contributed by atoms with E-state index >= 15 is 0 Å². The summed E-state index contributed by atoms with van der Waals surface area (Å²) in [5, 5.41) is 6.45. The van der Waals surface area contributed by atoms with Crippen LogP contribution in [0.25, 0.3) is 0 Å². The minimum Gasteiger partial charge on any atom is -0.325 e. The first-order valence-corrected chi connectivity index (χ1v) is 8.73. The maximum absolute atomic E-state index is 13.6. The first-order valence-electron chi connectivity index (χ1n) is 8.35. The first kappa shape index (κ1) is 17.4. The second-order valence-electron chi connectivity index (χ2n) is 6.69. The number of fused-ring (bicyclic) bond motifs is 2. The highest BCUT2D eigenvalue weighted by atomic mass is 35.5. The van der Waals surface area contributed by atoms with E-state index in [1.165, 1.54) is 12.1 Å². The van der Waals surface area contributed by atoms with Crippen LogP contribution in [0.5, 0.6) is 0 Å². The molecule has 2 N–H and O–H groups in total. The van der Waals surface area contributed by atoms with Gasteiger partial charge in [-0.05, 0) is 48.7 Å². The standard InChI is InChI=1S/C19H16ClF3N2O/c20-11-6-7-14-15(10-11)25-17(26)18(14)8-3-9-24-16(18)12-4-1-2-5-13(12)19(21,22)23/h1-2,4-7,10,16,24H,3,8-9H2,(H,25,26)/t16-,18-/m1/s1. The number of halogens is 4. The van der Waals surface area contributed by atoms with Crippen LogP contribution in [0.4, 0.5) is 18.9 Å². The second kappa shape index (κ2) is 5.99. The molecule has 0 radical (unpaired) electrons. The Kier molecular flexibility index (Phi) is 4.00. The van der Waals surface area contributed by atoms with Gasteiger partial charge in [0.05, 0.1) is 17.0 Å². The molecule has 136 valence electrons. The molecular weight excluding hydrogens is 365 g/mol. The van der Waals surface area contributed by atoms with Gasteiger partial charge < -0.3 is 10.6 Å². The van der Waals surface area contributed by atoms with E-state index in [9.17, 15) is 18.0 Å². The molecule has 1 fully saturated rings. The van der Waals surface area contributed by atoms with Crippen LogP contribution in [0.2, 0.25) is 5.02 Å². The average Bonchev–Trinajstić information content (AvgIpc) is 2.86. The van der Waals surface area contributed by atoms with Gasteiger partial charge in [-0.2, -0.15) is 13.2 Å². The number of hydrogen-bond donors (Lipinski definition) is 2. The summed E-state index contributed by atoms with van der Waals surface area (Å²) in [6.07, 6.45) is -3.33. The molecule has 2 aromatic rings. The zero-order valence-electron chi connectivity index (χ0n) is 13.7. The van der Waals surface area contributed by atoms with Crippen LogP contribution in [0.15, 0.2) is 42.5 Å². The van der Waals surface area contributed by atoms with Gasteiger partial charge in [0.2, 0.25) is 5.91 Å². The molecule has 0 unspecified atom stereocenters. The molecule has 0 aliphatic carbocycles. The number of rotatable bonds is 1. The summed E-state index contributed by atoms with van der Waals surface area (Å²) in [7, 11) is 0. The van der Waals surface area contributed by atoms with E-state index in [-0.39, 0.29) is 11.5 Å². The molecule has 1 saturated heterocycles. The number of benzene rings is 2. The highest BCUT2D eigenvalue weighted by Crippen LogP contribution is 2.52. The predicted molar refractivity (Wildman–Crippen MR) is 93.2 cm³/mol. The van der Waals surface area contributed by atoms with Crippen LogP contribution >= 0.6 is 11.6 Å². The number of carbonyl (C=O) groups excluding carboxylic acids is 1. The fraction of sp³-hybridized carbons (Fsp3) is 0.316. The Morgan fingerprint density at radius 3 is 2.69 bits per heavy atom. The van der Waals surface area contributed by atoms with Crippen molar-refractivity contribution in [2.24, 2.45) is 0 Å². The van der Waals surface area contributed by atoms with Crippen LogP contribution in [-0.4, -0.2) is 12.5 Å². The fourth-order valence-corrected chi connectivity index (χ4v) is 4.39. The van der Waals surface area contributed by atoms with E-state index in [0.29, 0.717) is 35.7 Å². The predicted octanol–water partition coefficient (Wildman–Crippen LogP) is 4.67. The van der Waals surface area contributed by atoms with Crippen LogP contribution in [0, 0.1) is 0 Å². The molecule has 0 aromatic heterocycles. The van der Waals surface area contributed by atoms with Crippen molar-refractivity contribution in [1.82, 2.24) is 5.32 Å². The van der Waals surface area contributed by atoms with Gasteiger partial charge >= 0.3 is 6.18 Å². The minimum atomic E-state index is -4.49. The number of amides is 1. The molecule has 2 heterocycles. The van der Waals surface area contributed by atoms with E-state index in [1.807, 2.05) is 0 Å². The Labute approximate surface area is 153 Å². The van der Waals surface area contributed by atoms with Gasteiger partial charge in [-0.15, -0.1) is 0 Å². The van der Waals surface area contributed by atoms with Gasteiger partial charge in [0, 0.05) is 10.7 Å². The summed E-state index contributed by atoms with van der Waals surface area (Å²) in [4.78, 5) is 13.0. The Bertz CT molecular complexity index is 883. The highest BCUT2D eigenvalue weighted by molar-refractivity contribution is 6.31.